The number of rotatable bonds is 3. The first-order valence-corrected chi connectivity index (χ1v) is 7.38. The van der Waals surface area contributed by atoms with Gasteiger partial charge in [0.15, 0.2) is 10.7 Å². The molecule has 3 rings (SSSR count). The van der Waals surface area contributed by atoms with E-state index in [2.05, 4.69) is 15.3 Å². The maximum atomic E-state index is 12.2. The molecule has 0 radical (unpaired) electrons. The fraction of sp³-hybridized carbons (Fsp3) is 0.0588. The number of nitrogens with one attached hydrogen (secondary N) is 1. The lowest BCUT2D eigenvalue weighted by atomic mass is 10.1. The van der Waals surface area contributed by atoms with Crippen LogP contribution < -0.4 is 5.32 Å². The second-order valence-electron chi connectivity index (χ2n) is 4.84. The van der Waals surface area contributed by atoms with Crippen molar-refractivity contribution < 1.29 is 9.53 Å². The van der Waals surface area contributed by atoms with E-state index in [1.807, 2.05) is 18.2 Å². The molecule has 0 saturated carbocycles. The normalized spacial score (nSPS) is 14.6. The molecule has 6 nitrogen and oxygen atoms in total. The highest BCUT2D eigenvalue weighted by Crippen LogP contribution is 2.32. The molecule has 0 atom stereocenters. The third-order valence-corrected chi connectivity index (χ3v) is 3.52. The number of halogens is 1. The topological polar surface area (TPSA) is 87.4 Å². The molecule has 1 N–H and O–H groups in total. The summed E-state index contributed by atoms with van der Waals surface area (Å²) in [7, 11) is 0. The number of allylic oxidation sites excluding steroid dienone is 1. The lowest BCUT2D eigenvalue weighted by Gasteiger charge is -2.18. The van der Waals surface area contributed by atoms with E-state index < -0.39 is 5.97 Å². The summed E-state index contributed by atoms with van der Waals surface area (Å²) in [5, 5.41) is 12.3. The number of para-hydroxylation sites is 2. The van der Waals surface area contributed by atoms with E-state index in [1.54, 1.807) is 36.7 Å². The number of carbonyl (C=O) groups is 1. The standard InChI is InChI=1S/C17H11ClN4O2/c18-16-15(21-13-5-1-2-6-14(13)22-16)12(8-19)17(23)24-10-11-4-3-7-20-9-11/h1-7,9,21H,10H2. The summed E-state index contributed by atoms with van der Waals surface area (Å²) in [6.45, 7) is 0.0104. The highest BCUT2D eigenvalue weighted by molar-refractivity contribution is 6.70. The van der Waals surface area contributed by atoms with E-state index in [0.717, 1.165) is 5.56 Å². The van der Waals surface area contributed by atoms with Crippen molar-refractivity contribution in [2.45, 2.75) is 6.61 Å². The second-order valence-corrected chi connectivity index (χ2v) is 5.20. The number of hydrogen-bond acceptors (Lipinski definition) is 6. The number of pyridine rings is 1. The van der Waals surface area contributed by atoms with E-state index in [9.17, 15) is 10.1 Å². The quantitative estimate of drug-likeness (QED) is 0.527. The molecule has 7 heteroatoms. The first kappa shape index (κ1) is 15.7. The average Bonchev–Trinajstić information content (AvgIpc) is 2.62. The smallest absolute Gasteiger partial charge is 0.351 e. The molecular formula is C17H11ClN4O2. The van der Waals surface area contributed by atoms with Crippen molar-refractivity contribution in [3.05, 3.63) is 65.6 Å². The summed E-state index contributed by atoms with van der Waals surface area (Å²) in [5.74, 6) is -0.781. The summed E-state index contributed by atoms with van der Waals surface area (Å²) in [5.41, 5.74) is 1.91. The Labute approximate surface area is 143 Å². The van der Waals surface area contributed by atoms with Crippen LogP contribution in [-0.4, -0.2) is 16.1 Å². The predicted octanol–water partition coefficient (Wildman–Crippen LogP) is 3.30. The Morgan fingerprint density at radius 1 is 1.29 bits per heavy atom. The first-order chi connectivity index (χ1) is 11.7. The number of esters is 1. The monoisotopic (exact) mass is 338 g/mol. The summed E-state index contributed by atoms with van der Waals surface area (Å²) in [4.78, 5) is 20.4. The zero-order valence-electron chi connectivity index (χ0n) is 12.4. The first-order valence-electron chi connectivity index (χ1n) is 7.00. The van der Waals surface area contributed by atoms with Crippen LogP contribution >= 0.6 is 11.6 Å². The number of hydrogen-bond donors (Lipinski definition) is 1. The highest BCUT2D eigenvalue weighted by atomic mass is 35.5. The number of nitrogens with zero attached hydrogens (tertiary/aromatic N) is 3. The van der Waals surface area contributed by atoms with Gasteiger partial charge in [0.2, 0.25) is 0 Å². The number of carbonyl (C=O) groups excluding carboxylic acids is 1. The molecule has 0 amide bonds. The lowest BCUT2D eigenvalue weighted by molar-refractivity contribution is -0.139. The van der Waals surface area contributed by atoms with Crippen molar-refractivity contribution in [2.24, 2.45) is 4.99 Å². The Kier molecular flexibility index (Phi) is 4.54. The maximum absolute atomic E-state index is 12.2. The molecule has 0 bridgehead atoms. The van der Waals surface area contributed by atoms with Crippen molar-refractivity contribution in [1.82, 2.24) is 4.98 Å². The molecular weight excluding hydrogens is 328 g/mol. The summed E-state index contributed by atoms with van der Waals surface area (Å²) in [6.07, 6.45) is 3.20. The van der Waals surface area contributed by atoms with E-state index >= 15 is 0 Å². The van der Waals surface area contributed by atoms with Gasteiger partial charge in [-0.3, -0.25) is 4.98 Å². The van der Waals surface area contributed by atoms with Crippen LogP contribution in [0.5, 0.6) is 0 Å². The van der Waals surface area contributed by atoms with Crippen molar-refractivity contribution >= 4 is 34.1 Å². The van der Waals surface area contributed by atoms with Gasteiger partial charge in [-0.2, -0.15) is 5.26 Å². The molecule has 1 aromatic carbocycles. The SMILES string of the molecule is N#CC(C(=O)OCc1cccnc1)=C1Nc2ccccc2N=C1Cl. The summed E-state index contributed by atoms with van der Waals surface area (Å²) >= 11 is 6.11. The third kappa shape index (κ3) is 3.26. The molecule has 1 aromatic heterocycles. The van der Waals surface area contributed by atoms with Crippen molar-refractivity contribution in [2.75, 3.05) is 5.32 Å². The molecule has 1 aliphatic rings. The van der Waals surface area contributed by atoms with E-state index in [1.165, 1.54) is 0 Å². The van der Waals surface area contributed by atoms with Crippen LogP contribution in [0.15, 0.2) is 65.1 Å². The molecule has 0 spiro atoms. The van der Waals surface area contributed by atoms with Gasteiger partial charge in [0.05, 0.1) is 11.4 Å². The van der Waals surface area contributed by atoms with Gasteiger partial charge in [0.1, 0.15) is 18.4 Å². The van der Waals surface area contributed by atoms with Gasteiger partial charge in [-0.05, 0) is 18.2 Å². The maximum Gasteiger partial charge on any atom is 0.351 e. The Hall–Kier alpha value is -3.17. The predicted molar refractivity (Wildman–Crippen MR) is 89.7 cm³/mol. The number of ether oxygens (including phenoxy) is 1. The molecule has 0 unspecified atom stereocenters. The number of aliphatic imine (C=N–C) groups is 1. The van der Waals surface area contributed by atoms with Gasteiger partial charge in [-0.25, -0.2) is 9.79 Å². The van der Waals surface area contributed by atoms with Gasteiger partial charge in [-0.1, -0.05) is 29.8 Å². The fourth-order valence-electron chi connectivity index (χ4n) is 2.10. The van der Waals surface area contributed by atoms with Gasteiger partial charge in [0, 0.05) is 18.0 Å². The largest absolute Gasteiger partial charge is 0.457 e. The molecule has 0 saturated heterocycles. The van der Waals surface area contributed by atoms with Gasteiger partial charge in [-0.15, -0.1) is 0 Å². The van der Waals surface area contributed by atoms with Crippen LogP contribution in [0.3, 0.4) is 0 Å². The third-order valence-electron chi connectivity index (χ3n) is 3.25. The Morgan fingerprint density at radius 3 is 2.88 bits per heavy atom. The molecule has 24 heavy (non-hydrogen) atoms. The minimum atomic E-state index is -0.781. The van der Waals surface area contributed by atoms with Gasteiger partial charge in [0.25, 0.3) is 0 Å². The molecule has 2 aromatic rings. The van der Waals surface area contributed by atoms with Gasteiger partial charge < -0.3 is 10.1 Å². The van der Waals surface area contributed by atoms with Crippen LogP contribution in [0.2, 0.25) is 0 Å². The van der Waals surface area contributed by atoms with Crippen LogP contribution in [0.4, 0.5) is 11.4 Å². The van der Waals surface area contributed by atoms with Crippen molar-refractivity contribution in [3.8, 4) is 6.07 Å². The van der Waals surface area contributed by atoms with Crippen molar-refractivity contribution in [1.29, 1.82) is 5.26 Å². The number of benzene rings is 1. The number of aromatic nitrogens is 1. The van der Waals surface area contributed by atoms with Crippen LogP contribution in [0, 0.1) is 11.3 Å². The molecule has 0 aliphatic carbocycles. The molecule has 0 fully saturated rings. The van der Waals surface area contributed by atoms with Crippen LogP contribution in [-0.2, 0) is 16.1 Å². The van der Waals surface area contributed by atoms with Crippen LogP contribution in [0.25, 0.3) is 0 Å². The Bertz CT molecular complexity index is 885. The summed E-state index contributed by atoms with van der Waals surface area (Å²) in [6, 6.07) is 12.5. The molecule has 2 heterocycles. The van der Waals surface area contributed by atoms with E-state index in [0.29, 0.717) is 11.4 Å². The molecule has 118 valence electrons. The lowest BCUT2D eigenvalue weighted by Crippen LogP contribution is -2.18. The minimum Gasteiger partial charge on any atom is -0.457 e. The van der Waals surface area contributed by atoms with Crippen molar-refractivity contribution in [3.63, 3.8) is 0 Å². The summed E-state index contributed by atoms with van der Waals surface area (Å²) < 4.78 is 5.16. The zero-order valence-corrected chi connectivity index (χ0v) is 13.1. The fourth-order valence-corrected chi connectivity index (χ4v) is 2.33. The molecule has 1 aliphatic heterocycles. The number of anilines is 1. The second kappa shape index (κ2) is 6.94. The zero-order chi connectivity index (χ0) is 16.9. The van der Waals surface area contributed by atoms with E-state index in [4.69, 9.17) is 16.3 Å². The number of nitriles is 1. The van der Waals surface area contributed by atoms with Crippen LogP contribution in [0.1, 0.15) is 5.56 Å². The Morgan fingerprint density at radius 2 is 2.12 bits per heavy atom. The Balaban J connectivity index is 1.84. The van der Waals surface area contributed by atoms with Gasteiger partial charge >= 0.3 is 5.97 Å². The van der Waals surface area contributed by atoms with E-state index in [-0.39, 0.29) is 23.0 Å². The minimum absolute atomic E-state index is 0.0104. The average molecular weight is 339 g/mol. The highest BCUT2D eigenvalue weighted by Gasteiger charge is 2.24. The number of fused-ring (bicyclic) bond motifs is 1.